The lowest BCUT2D eigenvalue weighted by molar-refractivity contribution is -0.140. The van der Waals surface area contributed by atoms with Crippen molar-refractivity contribution in [2.45, 2.75) is 77.1 Å². The Morgan fingerprint density at radius 2 is 2.00 bits per heavy atom. The summed E-state index contributed by atoms with van der Waals surface area (Å²) in [6.07, 6.45) is 5.79. The van der Waals surface area contributed by atoms with E-state index in [1.807, 2.05) is 4.90 Å². The van der Waals surface area contributed by atoms with Crippen molar-refractivity contribution in [2.24, 2.45) is 0 Å². The molecule has 1 saturated carbocycles. The van der Waals surface area contributed by atoms with E-state index in [0.717, 1.165) is 25.8 Å². The first-order valence-electron chi connectivity index (χ1n) is 7.82. The molecule has 110 valence electrons. The highest BCUT2D eigenvalue weighted by Gasteiger charge is 2.33. The SMILES string of the molecule is CCC1NC(C)CCC1OCC(=O)N(CC)C1CC1. The van der Waals surface area contributed by atoms with Crippen molar-refractivity contribution in [1.29, 1.82) is 0 Å². The van der Waals surface area contributed by atoms with Gasteiger partial charge in [0.25, 0.3) is 0 Å². The number of rotatable bonds is 6. The molecule has 19 heavy (non-hydrogen) atoms. The van der Waals surface area contributed by atoms with Gasteiger partial charge in [-0.15, -0.1) is 0 Å². The number of hydrogen-bond acceptors (Lipinski definition) is 3. The Morgan fingerprint density at radius 1 is 1.26 bits per heavy atom. The molecule has 1 aliphatic carbocycles. The molecule has 0 aromatic rings. The third-order valence-corrected chi connectivity index (χ3v) is 4.34. The lowest BCUT2D eigenvalue weighted by atomic mass is 9.95. The van der Waals surface area contributed by atoms with E-state index < -0.39 is 0 Å². The highest BCUT2D eigenvalue weighted by Crippen LogP contribution is 2.27. The number of carbonyl (C=O) groups is 1. The second-order valence-corrected chi connectivity index (χ2v) is 5.92. The van der Waals surface area contributed by atoms with Crippen molar-refractivity contribution in [2.75, 3.05) is 13.2 Å². The molecule has 1 N–H and O–H groups in total. The number of hydrogen-bond donors (Lipinski definition) is 1. The number of piperidine rings is 1. The third kappa shape index (κ3) is 3.93. The summed E-state index contributed by atoms with van der Waals surface area (Å²) in [4.78, 5) is 14.1. The van der Waals surface area contributed by atoms with Gasteiger partial charge in [-0.25, -0.2) is 0 Å². The Hall–Kier alpha value is -0.610. The first kappa shape index (κ1) is 14.8. The molecule has 1 aliphatic heterocycles. The third-order valence-electron chi connectivity index (χ3n) is 4.34. The minimum atomic E-state index is 0.165. The van der Waals surface area contributed by atoms with Gasteiger partial charge >= 0.3 is 0 Å². The predicted octanol–water partition coefficient (Wildman–Crippen LogP) is 1.93. The van der Waals surface area contributed by atoms with E-state index in [0.29, 0.717) is 18.1 Å². The maximum absolute atomic E-state index is 12.1. The van der Waals surface area contributed by atoms with E-state index in [-0.39, 0.29) is 18.6 Å². The topological polar surface area (TPSA) is 41.6 Å². The molecule has 0 aromatic carbocycles. The summed E-state index contributed by atoms with van der Waals surface area (Å²) in [7, 11) is 0. The van der Waals surface area contributed by atoms with Crippen LogP contribution in [-0.2, 0) is 9.53 Å². The molecular weight excluding hydrogens is 240 g/mol. The number of carbonyl (C=O) groups excluding carboxylic acids is 1. The molecule has 1 saturated heterocycles. The molecule has 2 rings (SSSR count). The largest absolute Gasteiger partial charge is 0.367 e. The molecule has 1 heterocycles. The van der Waals surface area contributed by atoms with Gasteiger partial charge in [-0.05, 0) is 46.0 Å². The number of nitrogens with one attached hydrogen (secondary N) is 1. The molecule has 0 aromatic heterocycles. The van der Waals surface area contributed by atoms with Crippen LogP contribution >= 0.6 is 0 Å². The van der Waals surface area contributed by atoms with Gasteiger partial charge in [0.2, 0.25) is 5.91 Å². The van der Waals surface area contributed by atoms with Crippen LogP contribution in [0.5, 0.6) is 0 Å². The lowest BCUT2D eigenvalue weighted by Crippen LogP contribution is -2.50. The maximum atomic E-state index is 12.1. The molecule has 4 nitrogen and oxygen atoms in total. The number of amides is 1. The highest BCUT2D eigenvalue weighted by atomic mass is 16.5. The molecule has 1 amide bonds. The van der Waals surface area contributed by atoms with Crippen LogP contribution in [0.1, 0.15) is 52.9 Å². The van der Waals surface area contributed by atoms with Crippen molar-refractivity contribution in [3.63, 3.8) is 0 Å². The van der Waals surface area contributed by atoms with Crippen LogP contribution in [0, 0.1) is 0 Å². The van der Waals surface area contributed by atoms with Crippen molar-refractivity contribution < 1.29 is 9.53 Å². The van der Waals surface area contributed by atoms with Gasteiger partial charge in [0.05, 0.1) is 6.10 Å². The van der Waals surface area contributed by atoms with Gasteiger partial charge in [0, 0.05) is 24.7 Å². The van der Waals surface area contributed by atoms with Crippen LogP contribution in [-0.4, -0.2) is 48.2 Å². The fourth-order valence-electron chi connectivity index (χ4n) is 3.04. The zero-order valence-electron chi connectivity index (χ0n) is 12.5. The van der Waals surface area contributed by atoms with Gasteiger partial charge in [-0.2, -0.15) is 0 Å². The fraction of sp³-hybridized carbons (Fsp3) is 0.933. The molecule has 2 fully saturated rings. The zero-order valence-corrected chi connectivity index (χ0v) is 12.5. The van der Waals surface area contributed by atoms with E-state index in [2.05, 4.69) is 26.1 Å². The lowest BCUT2D eigenvalue weighted by Gasteiger charge is -2.35. The van der Waals surface area contributed by atoms with Crippen molar-refractivity contribution in [1.82, 2.24) is 10.2 Å². The zero-order chi connectivity index (χ0) is 13.8. The Kier molecular flexibility index (Phi) is 5.22. The highest BCUT2D eigenvalue weighted by molar-refractivity contribution is 5.78. The quantitative estimate of drug-likeness (QED) is 0.800. The minimum Gasteiger partial charge on any atom is -0.367 e. The summed E-state index contributed by atoms with van der Waals surface area (Å²) in [6.45, 7) is 7.51. The minimum absolute atomic E-state index is 0.165. The van der Waals surface area contributed by atoms with Crippen LogP contribution < -0.4 is 5.32 Å². The van der Waals surface area contributed by atoms with Crippen LogP contribution in [0.15, 0.2) is 0 Å². The van der Waals surface area contributed by atoms with E-state index in [1.54, 1.807) is 0 Å². The van der Waals surface area contributed by atoms with Crippen LogP contribution in [0.2, 0.25) is 0 Å². The Bertz CT molecular complexity index is 305. The van der Waals surface area contributed by atoms with Crippen LogP contribution in [0.25, 0.3) is 0 Å². The molecule has 0 spiro atoms. The Labute approximate surface area is 116 Å². The fourth-order valence-corrected chi connectivity index (χ4v) is 3.04. The van der Waals surface area contributed by atoms with E-state index in [1.165, 1.54) is 12.8 Å². The van der Waals surface area contributed by atoms with Gasteiger partial charge in [0.1, 0.15) is 6.61 Å². The smallest absolute Gasteiger partial charge is 0.248 e. The summed E-state index contributed by atoms with van der Waals surface area (Å²) in [5, 5.41) is 3.57. The average Bonchev–Trinajstić information content (AvgIpc) is 3.22. The Morgan fingerprint density at radius 3 is 2.58 bits per heavy atom. The molecule has 4 heteroatoms. The van der Waals surface area contributed by atoms with Crippen LogP contribution in [0.4, 0.5) is 0 Å². The number of nitrogens with zero attached hydrogens (tertiary/aromatic N) is 1. The summed E-state index contributed by atoms with van der Waals surface area (Å²) in [5.74, 6) is 0.165. The van der Waals surface area contributed by atoms with E-state index >= 15 is 0 Å². The number of likely N-dealkylation sites (N-methyl/N-ethyl adjacent to an activating group) is 1. The Balaban J connectivity index is 1.78. The average molecular weight is 268 g/mol. The monoisotopic (exact) mass is 268 g/mol. The van der Waals surface area contributed by atoms with Crippen molar-refractivity contribution in [3.8, 4) is 0 Å². The van der Waals surface area contributed by atoms with Crippen molar-refractivity contribution >= 4 is 5.91 Å². The van der Waals surface area contributed by atoms with E-state index in [9.17, 15) is 4.79 Å². The van der Waals surface area contributed by atoms with Gasteiger partial charge < -0.3 is 15.0 Å². The summed E-state index contributed by atoms with van der Waals surface area (Å²) in [6, 6.07) is 1.46. The van der Waals surface area contributed by atoms with Gasteiger partial charge in [0.15, 0.2) is 0 Å². The second-order valence-electron chi connectivity index (χ2n) is 5.92. The summed E-state index contributed by atoms with van der Waals surface area (Å²) >= 11 is 0. The van der Waals surface area contributed by atoms with Crippen LogP contribution in [0.3, 0.4) is 0 Å². The molecule has 3 atom stereocenters. The van der Waals surface area contributed by atoms with Gasteiger partial charge in [-0.3, -0.25) is 4.79 Å². The first-order valence-corrected chi connectivity index (χ1v) is 7.82. The molecule has 0 bridgehead atoms. The summed E-state index contributed by atoms with van der Waals surface area (Å²) in [5.41, 5.74) is 0. The van der Waals surface area contributed by atoms with Crippen molar-refractivity contribution in [3.05, 3.63) is 0 Å². The summed E-state index contributed by atoms with van der Waals surface area (Å²) < 4.78 is 5.90. The standard InChI is InChI=1S/C15H28N2O2/c1-4-13-14(9-6-11(3)16-13)19-10-15(18)17(5-2)12-7-8-12/h11-14,16H,4-10H2,1-3H3. The predicted molar refractivity (Wildman–Crippen MR) is 76.1 cm³/mol. The first-order chi connectivity index (χ1) is 9.15. The van der Waals surface area contributed by atoms with E-state index in [4.69, 9.17) is 4.74 Å². The number of ether oxygens (including phenoxy) is 1. The molecule has 3 unspecified atom stereocenters. The van der Waals surface area contributed by atoms with Gasteiger partial charge in [-0.1, -0.05) is 6.92 Å². The molecule has 0 radical (unpaired) electrons. The molecular formula is C15H28N2O2. The second kappa shape index (κ2) is 6.71. The molecule has 2 aliphatic rings. The maximum Gasteiger partial charge on any atom is 0.248 e. The normalized spacial score (nSPS) is 31.2.